The van der Waals surface area contributed by atoms with Gasteiger partial charge in [-0.15, -0.1) is 5.10 Å². The van der Waals surface area contributed by atoms with Crippen LogP contribution < -0.4 is 21.0 Å². The molecule has 0 bridgehead atoms. The molecule has 0 spiro atoms. The fourth-order valence-electron chi connectivity index (χ4n) is 2.71. The fourth-order valence-corrected chi connectivity index (χ4v) is 3.27. The highest BCUT2D eigenvalue weighted by atomic mass is 35.5. The highest BCUT2D eigenvalue weighted by molar-refractivity contribution is 6.46. The number of nitriles is 1. The number of imide groups is 1. The van der Waals surface area contributed by atoms with Gasteiger partial charge >= 0.3 is 6.09 Å². The third-order valence-electron chi connectivity index (χ3n) is 4.40. The van der Waals surface area contributed by atoms with Crippen molar-refractivity contribution >= 4 is 46.6 Å². The van der Waals surface area contributed by atoms with Crippen LogP contribution in [0.3, 0.4) is 0 Å². The Morgan fingerprint density at radius 2 is 1.97 bits per heavy atom. The van der Waals surface area contributed by atoms with E-state index in [4.69, 9.17) is 38.3 Å². The molecule has 1 heterocycles. The number of H-pyrrole nitrogens is 1. The first kappa shape index (κ1) is 22.1. The summed E-state index contributed by atoms with van der Waals surface area (Å²) in [4.78, 5) is 34.0. The second kappa shape index (κ2) is 9.46. The van der Waals surface area contributed by atoms with Crippen molar-refractivity contribution in [1.82, 2.24) is 15.5 Å². The average Bonchev–Trinajstić information content (AvgIpc) is 2.65. The number of halogens is 2. The number of benzene rings is 1. The largest absolute Gasteiger partial charge is 0.465 e. The van der Waals surface area contributed by atoms with Crippen LogP contribution in [0.1, 0.15) is 30.7 Å². The summed E-state index contributed by atoms with van der Waals surface area (Å²) in [6, 6.07) is 5.72. The smallest absolute Gasteiger partial charge is 0.411 e. The van der Waals surface area contributed by atoms with Gasteiger partial charge in [-0.2, -0.15) is 10.4 Å². The number of ether oxygens (including phenoxy) is 1. The third kappa shape index (κ3) is 5.30. The summed E-state index contributed by atoms with van der Waals surface area (Å²) in [5.74, 6) is -0.856. The molecule has 0 atom stereocenters. The fraction of sp³-hybridized carbons (Fsp3) is 0.222. The number of carbonyl (C=O) groups is 2. The number of carbonyl (C=O) groups excluding carboxylic acids is 1. The van der Waals surface area contributed by atoms with Gasteiger partial charge in [0.05, 0.1) is 15.7 Å². The Morgan fingerprint density at radius 1 is 1.29 bits per heavy atom. The second-order valence-electron chi connectivity index (χ2n) is 6.43. The minimum Gasteiger partial charge on any atom is -0.465 e. The Morgan fingerprint density at radius 3 is 2.52 bits per heavy atom. The molecule has 0 saturated heterocycles. The third-order valence-corrected chi connectivity index (χ3v) is 4.96. The van der Waals surface area contributed by atoms with E-state index in [1.807, 2.05) is 0 Å². The van der Waals surface area contributed by atoms with Gasteiger partial charge in [-0.3, -0.25) is 20.3 Å². The van der Waals surface area contributed by atoms with E-state index in [2.05, 4.69) is 20.7 Å². The zero-order chi connectivity index (χ0) is 22.5. The van der Waals surface area contributed by atoms with Crippen molar-refractivity contribution in [2.24, 2.45) is 5.10 Å². The summed E-state index contributed by atoms with van der Waals surface area (Å²) in [5, 5.41) is 28.8. The molecule has 1 aliphatic carbocycles. The summed E-state index contributed by atoms with van der Waals surface area (Å²) < 4.78 is 5.65. The van der Waals surface area contributed by atoms with Crippen LogP contribution in [0, 0.1) is 11.3 Å². The molecular formula is C18H14Cl2N6O5. The molecule has 13 heteroatoms. The van der Waals surface area contributed by atoms with Crippen LogP contribution in [-0.2, 0) is 4.79 Å². The predicted octanol–water partition coefficient (Wildman–Crippen LogP) is 3.22. The van der Waals surface area contributed by atoms with Gasteiger partial charge in [-0.1, -0.05) is 29.6 Å². The predicted molar refractivity (Wildman–Crippen MR) is 111 cm³/mol. The highest BCUT2D eigenvalue weighted by Crippen LogP contribution is 2.39. The van der Waals surface area contributed by atoms with Crippen LogP contribution in [0.15, 0.2) is 28.1 Å². The number of rotatable bonds is 6. The maximum atomic E-state index is 12.0. The summed E-state index contributed by atoms with van der Waals surface area (Å²) in [5.41, 5.74) is 2.18. The number of carboxylic acid groups (broad SMARTS) is 1. The Balaban J connectivity index is 1.79. The van der Waals surface area contributed by atoms with Crippen molar-refractivity contribution < 1.29 is 19.4 Å². The van der Waals surface area contributed by atoms with E-state index in [9.17, 15) is 14.4 Å². The van der Waals surface area contributed by atoms with E-state index in [0.29, 0.717) is 5.56 Å². The van der Waals surface area contributed by atoms with Crippen LogP contribution in [0.2, 0.25) is 10.0 Å². The van der Waals surface area contributed by atoms with E-state index < -0.39 is 17.7 Å². The molecule has 1 fully saturated rings. The van der Waals surface area contributed by atoms with Crippen LogP contribution >= 0.6 is 23.2 Å². The Labute approximate surface area is 184 Å². The standard InChI is InChI=1S/C18H14Cl2N6O5/c19-11-4-9(23-24-13(7-21)17(28)22-18(29)30)5-12(20)15(11)31-14-6-10(8-2-1-3-8)16(27)26-25-14/h4-6,8,23H,1-3H2,(H,22,28)(H,26,27)(H,29,30). The lowest BCUT2D eigenvalue weighted by Gasteiger charge is -2.24. The van der Waals surface area contributed by atoms with Gasteiger partial charge in [0.2, 0.25) is 11.6 Å². The topological polar surface area (TPSA) is 170 Å². The van der Waals surface area contributed by atoms with E-state index in [1.54, 1.807) is 6.07 Å². The van der Waals surface area contributed by atoms with Gasteiger partial charge in [-0.25, -0.2) is 9.89 Å². The van der Waals surface area contributed by atoms with Crippen LogP contribution in [-0.4, -0.2) is 33.0 Å². The van der Waals surface area contributed by atoms with Crippen LogP contribution in [0.4, 0.5) is 10.5 Å². The number of aromatic amines is 1. The molecule has 2 aromatic rings. The van der Waals surface area contributed by atoms with Crippen molar-refractivity contribution in [3.05, 3.63) is 44.2 Å². The molecule has 4 N–H and O–H groups in total. The molecule has 1 aromatic heterocycles. The average molecular weight is 465 g/mol. The van der Waals surface area contributed by atoms with Crippen molar-refractivity contribution in [3.8, 4) is 17.7 Å². The molecule has 1 aromatic carbocycles. The highest BCUT2D eigenvalue weighted by Gasteiger charge is 2.23. The number of hydrogen-bond acceptors (Lipinski definition) is 8. The molecule has 0 unspecified atom stereocenters. The number of aromatic nitrogens is 2. The number of hydrazone groups is 1. The first-order valence-electron chi connectivity index (χ1n) is 8.83. The number of amides is 2. The SMILES string of the molecule is N#CC(=NNc1cc(Cl)c(Oc2cc(C3CCC3)c(=O)[nH]n2)c(Cl)c1)C(=O)NC(=O)O. The Hall–Kier alpha value is -3.62. The minimum atomic E-state index is -1.63. The van der Waals surface area contributed by atoms with Gasteiger partial charge in [0.25, 0.3) is 11.5 Å². The van der Waals surface area contributed by atoms with Crippen molar-refractivity contribution in [1.29, 1.82) is 5.26 Å². The normalized spacial score (nSPS) is 13.6. The molecule has 2 amide bonds. The second-order valence-corrected chi connectivity index (χ2v) is 7.25. The molecule has 160 valence electrons. The molecule has 1 saturated carbocycles. The summed E-state index contributed by atoms with van der Waals surface area (Å²) in [7, 11) is 0. The summed E-state index contributed by atoms with van der Waals surface area (Å²) in [6.45, 7) is 0. The lowest BCUT2D eigenvalue weighted by Crippen LogP contribution is -2.34. The van der Waals surface area contributed by atoms with Gasteiger partial charge in [0.15, 0.2) is 5.75 Å². The zero-order valence-electron chi connectivity index (χ0n) is 15.6. The Kier molecular flexibility index (Phi) is 6.74. The molecule has 0 aliphatic heterocycles. The van der Waals surface area contributed by atoms with E-state index >= 15 is 0 Å². The van der Waals surface area contributed by atoms with Gasteiger partial charge in [0, 0.05) is 11.6 Å². The lowest BCUT2D eigenvalue weighted by molar-refractivity contribution is -0.114. The van der Waals surface area contributed by atoms with Crippen molar-refractivity contribution in [2.75, 3.05) is 5.43 Å². The van der Waals surface area contributed by atoms with Crippen LogP contribution in [0.25, 0.3) is 0 Å². The van der Waals surface area contributed by atoms with Crippen molar-refractivity contribution in [2.45, 2.75) is 25.2 Å². The molecular weight excluding hydrogens is 451 g/mol. The van der Waals surface area contributed by atoms with E-state index in [-0.39, 0.29) is 38.8 Å². The summed E-state index contributed by atoms with van der Waals surface area (Å²) >= 11 is 12.4. The van der Waals surface area contributed by atoms with E-state index in [1.165, 1.54) is 23.5 Å². The van der Waals surface area contributed by atoms with Crippen LogP contribution in [0.5, 0.6) is 11.6 Å². The number of nitrogens with one attached hydrogen (secondary N) is 3. The quantitative estimate of drug-likeness (QED) is 0.372. The molecule has 31 heavy (non-hydrogen) atoms. The van der Waals surface area contributed by atoms with E-state index in [0.717, 1.165) is 19.3 Å². The monoisotopic (exact) mass is 464 g/mol. The maximum absolute atomic E-state index is 12.0. The number of anilines is 1. The number of hydrogen-bond donors (Lipinski definition) is 4. The maximum Gasteiger partial charge on any atom is 0.411 e. The van der Waals surface area contributed by atoms with Gasteiger partial charge in [0.1, 0.15) is 6.07 Å². The first-order chi connectivity index (χ1) is 14.8. The minimum absolute atomic E-state index is 0.0527. The van der Waals surface area contributed by atoms with Crippen molar-refractivity contribution in [3.63, 3.8) is 0 Å². The molecule has 1 aliphatic rings. The first-order valence-corrected chi connectivity index (χ1v) is 9.58. The zero-order valence-corrected chi connectivity index (χ0v) is 17.1. The van der Waals surface area contributed by atoms with Gasteiger partial charge in [-0.05, 0) is 30.9 Å². The van der Waals surface area contributed by atoms with Gasteiger partial charge < -0.3 is 9.84 Å². The molecule has 0 radical (unpaired) electrons. The Bertz CT molecular complexity index is 1150. The number of nitrogens with zero attached hydrogens (tertiary/aromatic N) is 3. The molecule has 3 rings (SSSR count). The summed E-state index contributed by atoms with van der Waals surface area (Å²) in [6.07, 6.45) is 1.27. The molecule has 11 nitrogen and oxygen atoms in total. The lowest BCUT2D eigenvalue weighted by atomic mass is 9.81.